The first-order valence-corrected chi connectivity index (χ1v) is 6.94. The van der Waals surface area contributed by atoms with Gasteiger partial charge in [-0.3, -0.25) is 0 Å². The highest BCUT2D eigenvalue weighted by molar-refractivity contribution is 7.16. The van der Waals surface area contributed by atoms with Crippen molar-refractivity contribution in [2.24, 2.45) is 7.05 Å². The fourth-order valence-electron chi connectivity index (χ4n) is 2.35. The number of benzene rings is 1. The van der Waals surface area contributed by atoms with Crippen molar-refractivity contribution in [3.63, 3.8) is 0 Å². The molecule has 3 heterocycles. The fourth-order valence-corrected chi connectivity index (χ4v) is 3.01. The predicted molar refractivity (Wildman–Crippen MR) is 79.3 cm³/mol. The number of nitrogens with zero attached hydrogens (tertiary/aromatic N) is 3. The molecule has 0 aliphatic carbocycles. The summed E-state index contributed by atoms with van der Waals surface area (Å²) in [5.74, 6) is 0. The second-order valence-corrected chi connectivity index (χ2v) is 5.48. The van der Waals surface area contributed by atoms with Crippen LogP contribution in [0.3, 0.4) is 0 Å². The van der Waals surface area contributed by atoms with Crippen LogP contribution in [0.4, 0.5) is 0 Å². The topological polar surface area (TPSA) is 30.7 Å². The first-order chi connectivity index (χ1) is 9.31. The Kier molecular flexibility index (Phi) is 2.19. The summed E-state index contributed by atoms with van der Waals surface area (Å²) in [6.07, 6.45) is 3.96. The Morgan fingerprint density at radius 3 is 2.95 bits per heavy atom. The summed E-state index contributed by atoms with van der Waals surface area (Å²) < 4.78 is 3.25. The lowest BCUT2D eigenvalue weighted by Crippen LogP contribution is -1.88. The molecule has 92 valence electrons. The van der Waals surface area contributed by atoms with Gasteiger partial charge in [0.25, 0.3) is 0 Å². The van der Waals surface area contributed by atoms with Crippen molar-refractivity contribution in [3.8, 4) is 11.1 Å². The van der Waals surface area contributed by atoms with Crippen molar-refractivity contribution in [2.75, 3.05) is 0 Å². The number of rotatable bonds is 1. The predicted octanol–water partition coefficient (Wildman–Crippen LogP) is 3.85. The van der Waals surface area contributed by atoms with Gasteiger partial charge in [0.1, 0.15) is 5.65 Å². The molecule has 0 spiro atoms. The summed E-state index contributed by atoms with van der Waals surface area (Å²) in [7, 11) is 2.01. The van der Waals surface area contributed by atoms with Gasteiger partial charge in [0.2, 0.25) is 0 Å². The molecule has 0 unspecified atom stereocenters. The Morgan fingerprint density at radius 1 is 1.05 bits per heavy atom. The summed E-state index contributed by atoms with van der Waals surface area (Å²) in [6.45, 7) is 0. The van der Waals surface area contributed by atoms with Crippen molar-refractivity contribution in [1.29, 1.82) is 0 Å². The summed E-state index contributed by atoms with van der Waals surface area (Å²) in [6, 6.07) is 10.6. The summed E-state index contributed by atoms with van der Waals surface area (Å²) in [5, 5.41) is 1.17. The molecule has 0 aliphatic heterocycles. The van der Waals surface area contributed by atoms with E-state index >= 15 is 0 Å². The van der Waals surface area contributed by atoms with Gasteiger partial charge in [0, 0.05) is 30.4 Å². The molecule has 0 radical (unpaired) electrons. The average Bonchev–Trinajstić information content (AvgIpc) is 3.04. The molecule has 0 fully saturated rings. The normalized spacial score (nSPS) is 11.4. The van der Waals surface area contributed by atoms with Gasteiger partial charge >= 0.3 is 0 Å². The quantitative estimate of drug-likeness (QED) is 0.523. The highest BCUT2D eigenvalue weighted by atomic mass is 32.1. The number of aryl methyl sites for hydroxylation is 1. The monoisotopic (exact) mass is 265 g/mol. The van der Waals surface area contributed by atoms with Crippen LogP contribution in [0.2, 0.25) is 0 Å². The van der Waals surface area contributed by atoms with Crippen LogP contribution in [0.5, 0.6) is 0 Å². The number of hydrogen-bond acceptors (Lipinski definition) is 3. The third kappa shape index (κ3) is 1.64. The highest BCUT2D eigenvalue weighted by Gasteiger charge is 2.05. The van der Waals surface area contributed by atoms with Gasteiger partial charge in [0.15, 0.2) is 0 Å². The van der Waals surface area contributed by atoms with E-state index in [1.54, 1.807) is 11.3 Å². The molecule has 3 aromatic heterocycles. The first-order valence-electron chi connectivity index (χ1n) is 6.06. The van der Waals surface area contributed by atoms with E-state index in [0.717, 1.165) is 22.3 Å². The third-order valence-electron chi connectivity index (χ3n) is 3.37. The Hall–Kier alpha value is -2.20. The lowest BCUT2D eigenvalue weighted by molar-refractivity contribution is 0.949. The molecule has 0 bridgehead atoms. The maximum absolute atomic E-state index is 4.53. The minimum atomic E-state index is 1.01. The van der Waals surface area contributed by atoms with Crippen molar-refractivity contribution in [2.45, 2.75) is 0 Å². The molecule has 4 heteroatoms. The van der Waals surface area contributed by atoms with Crippen molar-refractivity contribution >= 4 is 32.6 Å². The maximum atomic E-state index is 4.53. The molecule has 1 aromatic carbocycles. The highest BCUT2D eigenvalue weighted by Crippen LogP contribution is 2.27. The number of aromatic nitrogens is 3. The second-order valence-electron chi connectivity index (χ2n) is 4.60. The second kappa shape index (κ2) is 3.90. The minimum Gasteiger partial charge on any atom is -0.336 e. The van der Waals surface area contributed by atoms with Gasteiger partial charge in [0.05, 0.1) is 15.7 Å². The molecule has 4 rings (SSSR count). The minimum absolute atomic E-state index is 1.01. The molecule has 3 nitrogen and oxygen atoms in total. The molecule has 0 N–H and O–H groups in total. The Labute approximate surface area is 114 Å². The van der Waals surface area contributed by atoms with Gasteiger partial charge < -0.3 is 4.57 Å². The maximum Gasteiger partial charge on any atom is 0.139 e. The van der Waals surface area contributed by atoms with E-state index in [2.05, 4.69) is 40.3 Å². The molecule has 0 amide bonds. The molecule has 19 heavy (non-hydrogen) atoms. The van der Waals surface area contributed by atoms with E-state index in [-0.39, 0.29) is 0 Å². The SMILES string of the molecule is Cn1ccc2cc(-c3ccc4scnc4c3)cnc21. The zero-order valence-corrected chi connectivity index (χ0v) is 11.2. The lowest BCUT2D eigenvalue weighted by Gasteiger charge is -2.02. The molecule has 0 saturated carbocycles. The third-order valence-corrected chi connectivity index (χ3v) is 4.18. The average molecular weight is 265 g/mol. The van der Waals surface area contributed by atoms with Gasteiger partial charge in [-0.2, -0.15) is 0 Å². The largest absolute Gasteiger partial charge is 0.336 e. The van der Waals surface area contributed by atoms with E-state index in [0.29, 0.717) is 0 Å². The van der Waals surface area contributed by atoms with E-state index < -0.39 is 0 Å². The summed E-state index contributed by atoms with van der Waals surface area (Å²) in [5.41, 5.74) is 6.24. The molecular weight excluding hydrogens is 254 g/mol. The van der Waals surface area contributed by atoms with Crippen molar-refractivity contribution in [1.82, 2.24) is 14.5 Å². The smallest absolute Gasteiger partial charge is 0.139 e. The van der Waals surface area contributed by atoms with Gasteiger partial charge in [-0.15, -0.1) is 11.3 Å². The van der Waals surface area contributed by atoms with E-state index in [4.69, 9.17) is 0 Å². The van der Waals surface area contributed by atoms with E-state index in [1.165, 1.54) is 10.1 Å². The van der Waals surface area contributed by atoms with Gasteiger partial charge in [-0.1, -0.05) is 6.07 Å². The zero-order chi connectivity index (χ0) is 12.8. The van der Waals surface area contributed by atoms with Crippen LogP contribution in [-0.2, 0) is 7.05 Å². The molecular formula is C15H11N3S. The van der Waals surface area contributed by atoms with Crippen LogP contribution < -0.4 is 0 Å². The van der Waals surface area contributed by atoms with Gasteiger partial charge in [-0.25, -0.2) is 9.97 Å². The van der Waals surface area contributed by atoms with Crippen LogP contribution in [0.15, 0.2) is 48.2 Å². The zero-order valence-electron chi connectivity index (χ0n) is 10.4. The molecule has 0 atom stereocenters. The Balaban J connectivity index is 1.92. The first kappa shape index (κ1) is 10.7. The van der Waals surface area contributed by atoms with E-state index in [9.17, 15) is 0 Å². The number of fused-ring (bicyclic) bond motifs is 2. The van der Waals surface area contributed by atoms with Crippen LogP contribution in [-0.4, -0.2) is 14.5 Å². The number of hydrogen-bond donors (Lipinski definition) is 0. The van der Waals surface area contributed by atoms with Gasteiger partial charge in [-0.05, 0) is 29.8 Å². The van der Waals surface area contributed by atoms with Crippen LogP contribution >= 0.6 is 11.3 Å². The lowest BCUT2D eigenvalue weighted by atomic mass is 10.1. The van der Waals surface area contributed by atoms with Crippen LogP contribution in [0, 0.1) is 0 Å². The summed E-state index contributed by atoms with van der Waals surface area (Å²) in [4.78, 5) is 8.90. The summed E-state index contributed by atoms with van der Waals surface area (Å²) >= 11 is 1.67. The molecule has 4 aromatic rings. The Bertz CT molecular complexity index is 889. The van der Waals surface area contributed by atoms with Crippen molar-refractivity contribution in [3.05, 3.63) is 48.2 Å². The number of thiazole rings is 1. The number of pyridine rings is 1. The van der Waals surface area contributed by atoms with Crippen LogP contribution in [0.25, 0.3) is 32.4 Å². The molecule has 0 aliphatic rings. The standard InChI is InChI=1S/C15H11N3S/c1-18-5-4-11-6-12(8-16-15(11)18)10-2-3-14-13(7-10)17-9-19-14/h2-9H,1H3. The van der Waals surface area contributed by atoms with Crippen LogP contribution in [0.1, 0.15) is 0 Å². The van der Waals surface area contributed by atoms with E-state index in [1.807, 2.05) is 29.5 Å². The fraction of sp³-hybridized carbons (Fsp3) is 0.0667. The molecule has 0 saturated heterocycles. The Morgan fingerprint density at radius 2 is 2.00 bits per heavy atom. The van der Waals surface area contributed by atoms with Crippen molar-refractivity contribution < 1.29 is 0 Å².